The minimum Gasteiger partial charge on any atom is -0.308 e. The van der Waals surface area contributed by atoms with Gasteiger partial charge >= 0.3 is 6.03 Å². The Morgan fingerprint density at radius 1 is 1.00 bits per heavy atom. The lowest BCUT2D eigenvalue weighted by Crippen LogP contribution is -2.51. The highest BCUT2D eigenvalue weighted by Crippen LogP contribution is 2.54. The lowest BCUT2D eigenvalue weighted by molar-refractivity contribution is -0.123. The first-order chi connectivity index (χ1) is 15.9. The van der Waals surface area contributed by atoms with Gasteiger partial charge in [0.15, 0.2) is 16.5 Å². The minimum atomic E-state index is -1.28. The Bertz CT molecular complexity index is 1250. The topological polar surface area (TPSA) is 52.7 Å². The van der Waals surface area contributed by atoms with Crippen LogP contribution in [0.15, 0.2) is 66.7 Å². The van der Waals surface area contributed by atoms with Crippen molar-refractivity contribution < 1.29 is 22.8 Å². The molecule has 0 aliphatic carbocycles. The molecule has 9 heteroatoms. The molecule has 3 aromatic carbocycles. The maximum absolute atomic E-state index is 13.8. The van der Waals surface area contributed by atoms with Crippen LogP contribution < -0.4 is 10.2 Å². The lowest BCUT2D eigenvalue weighted by Gasteiger charge is -2.33. The van der Waals surface area contributed by atoms with Gasteiger partial charge in [-0.1, -0.05) is 24.3 Å². The largest absolute Gasteiger partial charge is 0.323 e. The Hall–Kier alpha value is -3.46. The number of anilines is 2. The molecule has 3 amide bonds. The number of nitrogens with zero attached hydrogens (tertiary/aromatic N) is 2. The van der Waals surface area contributed by atoms with Crippen LogP contribution in [0.1, 0.15) is 11.1 Å². The Kier molecular flexibility index (Phi) is 5.28. The first-order valence-corrected chi connectivity index (χ1v) is 11.2. The summed E-state index contributed by atoms with van der Waals surface area (Å²) in [5.74, 6) is -2.16. The maximum atomic E-state index is 13.8. The van der Waals surface area contributed by atoms with Gasteiger partial charge in [-0.2, -0.15) is 0 Å². The number of fused-ring (bicyclic) bond motifs is 2. The number of hydrogen-bond acceptors (Lipinski definition) is 3. The number of urea groups is 1. The van der Waals surface area contributed by atoms with Gasteiger partial charge in [0, 0.05) is 23.5 Å². The number of hydrogen-bond donors (Lipinski definition) is 1. The summed E-state index contributed by atoms with van der Waals surface area (Å²) < 4.78 is 40.4. The van der Waals surface area contributed by atoms with Crippen LogP contribution in [0.4, 0.5) is 29.3 Å². The van der Waals surface area contributed by atoms with Crippen molar-refractivity contribution in [1.29, 1.82) is 0 Å². The van der Waals surface area contributed by atoms with Crippen molar-refractivity contribution in [3.05, 3.63) is 95.3 Å². The van der Waals surface area contributed by atoms with E-state index < -0.39 is 28.4 Å². The quantitative estimate of drug-likeness (QED) is 0.582. The fourth-order valence-electron chi connectivity index (χ4n) is 4.27. The number of carbonyl (C=O) groups is 2. The van der Waals surface area contributed by atoms with Gasteiger partial charge in [0.1, 0.15) is 5.82 Å². The van der Waals surface area contributed by atoms with Crippen molar-refractivity contribution in [2.24, 2.45) is 0 Å². The zero-order valence-corrected chi connectivity index (χ0v) is 18.0. The number of halogens is 3. The van der Waals surface area contributed by atoms with Crippen molar-refractivity contribution in [2.45, 2.75) is 11.4 Å². The smallest absolute Gasteiger partial charge is 0.308 e. The van der Waals surface area contributed by atoms with Crippen LogP contribution in [0.3, 0.4) is 0 Å². The zero-order valence-electron chi connectivity index (χ0n) is 17.2. The summed E-state index contributed by atoms with van der Waals surface area (Å²) in [6.45, 7) is 0.361. The molecule has 1 spiro atoms. The molecule has 1 saturated heterocycles. The number of amides is 3. The average molecular weight is 469 g/mol. The Labute approximate surface area is 192 Å². The van der Waals surface area contributed by atoms with E-state index in [4.69, 9.17) is 0 Å². The second kappa shape index (κ2) is 8.15. The fourth-order valence-corrected chi connectivity index (χ4v) is 5.73. The first kappa shape index (κ1) is 21.4. The second-order valence-corrected chi connectivity index (χ2v) is 9.03. The Morgan fingerprint density at radius 3 is 2.52 bits per heavy atom. The van der Waals surface area contributed by atoms with Crippen molar-refractivity contribution in [3.8, 4) is 0 Å². The molecule has 2 aliphatic rings. The van der Waals surface area contributed by atoms with E-state index >= 15 is 0 Å². The maximum Gasteiger partial charge on any atom is 0.323 e. The van der Waals surface area contributed by atoms with Crippen LogP contribution in [0.25, 0.3) is 0 Å². The molecular weight excluding hydrogens is 451 g/mol. The standard InChI is InChI=1S/C24H18F3N3O2S/c25-16-6-8-17(9-7-16)28-23(32)30-11-12-33-24(30)18-3-1-2-4-21(18)29(22(24)31)14-15-5-10-19(26)20(27)13-15/h1-10,13H,11-12,14H2,(H,28,32)/t24-/m1/s1. The van der Waals surface area contributed by atoms with E-state index in [1.807, 2.05) is 0 Å². The predicted octanol–water partition coefficient (Wildman–Crippen LogP) is 5.08. The fraction of sp³-hybridized carbons (Fsp3) is 0.167. The number of benzene rings is 3. The molecule has 3 aromatic rings. The molecule has 168 valence electrons. The van der Waals surface area contributed by atoms with Gasteiger partial charge in [-0.25, -0.2) is 18.0 Å². The average Bonchev–Trinajstić information content (AvgIpc) is 3.35. The third-order valence-electron chi connectivity index (χ3n) is 5.77. The first-order valence-electron chi connectivity index (χ1n) is 10.2. The summed E-state index contributed by atoms with van der Waals surface area (Å²) in [5, 5.41) is 2.74. The van der Waals surface area contributed by atoms with E-state index in [0.717, 1.165) is 12.1 Å². The van der Waals surface area contributed by atoms with E-state index in [1.54, 1.807) is 24.3 Å². The molecule has 1 atom stereocenters. The molecule has 2 aliphatic heterocycles. The van der Waals surface area contributed by atoms with Gasteiger partial charge in [0.25, 0.3) is 5.91 Å². The van der Waals surface area contributed by atoms with Gasteiger partial charge in [-0.3, -0.25) is 9.69 Å². The molecule has 0 saturated carbocycles. The summed E-state index contributed by atoms with van der Waals surface area (Å²) in [4.78, 5) is 28.7. The molecule has 1 fully saturated rings. The second-order valence-electron chi connectivity index (χ2n) is 7.74. The van der Waals surface area contributed by atoms with E-state index in [1.165, 1.54) is 51.9 Å². The molecule has 0 aromatic heterocycles. The number of rotatable bonds is 3. The monoisotopic (exact) mass is 469 g/mol. The number of nitrogens with one attached hydrogen (secondary N) is 1. The number of thioether (sulfide) groups is 1. The van der Waals surface area contributed by atoms with E-state index in [9.17, 15) is 22.8 Å². The molecule has 0 bridgehead atoms. The predicted molar refractivity (Wildman–Crippen MR) is 120 cm³/mol. The van der Waals surface area contributed by atoms with Gasteiger partial charge < -0.3 is 10.2 Å². The van der Waals surface area contributed by atoms with Crippen molar-refractivity contribution in [3.63, 3.8) is 0 Å². The van der Waals surface area contributed by atoms with Crippen LogP contribution in [0.5, 0.6) is 0 Å². The van der Waals surface area contributed by atoms with E-state index in [0.29, 0.717) is 34.8 Å². The summed E-state index contributed by atoms with van der Waals surface area (Å²) in [6.07, 6.45) is 0. The van der Waals surface area contributed by atoms with Crippen LogP contribution >= 0.6 is 11.8 Å². The Balaban J connectivity index is 1.49. The highest BCUT2D eigenvalue weighted by atomic mass is 32.2. The molecule has 5 nitrogen and oxygen atoms in total. The summed E-state index contributed by atoms with van der Waals surface area (Å²) in [6, 6.07) is 15.6. The van der Waals surface area contributed by atoms with Crippen LogP contribution in [-0.2, 0) is 16.2 Å². The van der Waals surface area contributed by atoms with Crippen molar-refractivity contribution in [2.75, 3.05) is 22.5 Å². The SMILES string of the molecule is O=C(Nc1ccc(F)cc1)N1CCS[C@]12C(=O)N(Cc1ccc(F)c(F)c1)c1ccccc12. The third kappa shape index (κ3) is 3.52. The van der Waals surface area contributed by atoms with E-state index in [-0.39, 0.29) is 12.5 Å². The number of carbonyl (C=O) groups excluding carboxylic acids is 2. The van der Waals surface area contributed by atoms with Crippen LogP contribution in [-0.4, -0.2) is 29.1 Å². The third-order valence-corrected chi connectivity index (χ3v) is 7.19. The summed E-state index contributed by atoms with van der Waals surface area (Å²) >= 11 is 1.35. The molecular formula is C24H18F3N3O2S. The highest BCUT2D eigenvalue weighted by molar-refractivity contribution is 8.01. The zero-order chi connectivity index (χ0) is 23.2. The lowest BCUT2D eigenvalue weighted by atomic mass is 10.1. The van der Waals surface area contributed by atoms with Crippen molar-refractivity contribution in [1.82, 2.24) is 4.90 Å². The highest BCUT2D eigenvalue weighted by Gasteiger charge is 2.59. The van der Waals surface area contributed by atoms with Gasteiger partial charge in [0.2, 0.25) is 0 Å². The van der Waals surface area contributed by atoms with Gasteiger partial charge in [-0.05, 0) is 48.0 Å². The molecule has 5 rings (SSSR count). The van der Waals surface area contributed by atoms with Crippen LogP contribution in [0, 0.1) is 17.5 Å². The summed E-state index contributed by atoms with van der Waals surface area (Å²) in [7, 11) is 0. The van der Waals surface area contributed by atoms with E-state index in [2.05, 4.69) is 5.32 Å². The summed E-state index contributed by atoms with van der Waals surface area (Å²) in [5.41, 5.74) is 2.11. The molecule has 1 N–H and O–H groups in total. The Morgan fingerprint density at radius 2 is 1.76 bits per heavy atom. The van der Waals surface area contributed by atoms with Gasteiger partial charge in [0.05, 0.1) is 12.2 Å². The molecule has 0 unspecified atom stereocenters. The number of para-hydroxylation sites is 1. The molecule has 0 radical (unpaired) electrons. The van der Waals surface area contributed by atoms with Gasteiger partial charge in [-0.15, -0.1) is 11.8 Å². The minimum absolute atomic E-state index is 0.0305. The molecule has 2 heterocycles. The normalized spacial score (nSPS) is 19.3. The van der Waals surface area contributed by atoms with Crippen molar-refractivity contribution >= 4 is 35.1 Å². The van der Waals surface area contributed by atoms with Crippen LogP contribution in [0.2, 0.25) is 0 Å². The molecule has 33 heavy (non-hydrogen) atoms.